The topological polar surface area (TPSA) is 148 Å². The zero-order valence-electron chi connectivity index (χ0n) is 15.4. The highest BCUT2D eigenvalue weighted by Crippen LogP contribution is 2.35. The third-order valence-electron chi connectivity index (χ3n) is 4.36. The van der Waals surface area contributed by atoms with Crippen molar-refractivity contribution in [3.05, 3.63) is 94.2 Å². The Morgan fingerprint density at radius 2 is 1.97 bits per heavy atom. The number of rotatable bonds is 6. The van der Waals surface area contributed by atoms with Gasteiger partial charge in [-0.3, -0.25) is 20.5 Å². The average Bonchev–Trinajstić information content (AvgIpc) is 3.29. The largest absolute Gasteiger partial charge is 0.857 e. The van der Waals surface area contributed by atoms with E-state index in [1.165, 1.54) is 24.5 Å². The molecule has 2 aromatic carbocycles. The number of hydrogen-bond donors (Lipinski definition) is 4. The number of nitro groups is 1. The molecule has 10 heteroatoms. The number of hydrogen-bond acceptors (Lipinski definition) is 9. The maximum absolute atomic E-state index is 12.7. The van der Waals surface area contributed by atoms with Crippen LogP contribution >= 0.6 is 0 Å². The quantitative estimate of drug-likeness (QED) is 0.361. The second-order valence-corrected chi connectivity index (χ2v) is 6.32. The number of para-hydroxylation sites is 1. The van der Waals surface area contributed by atoms with Crippen LogP contribution in [0.3, 0.4) is 0 Å². The number of anilines is 2. The normalized spacial score (nSPS) is 15.3. The molecule has 4 N–H and O–H groups in total. The van der Waals surface area contributed by atoms with E-state index >= 15 is 0 Å². The fourth-order valence-electron chi connectivity index (χ4n) is 2.89. The minimum Gasteiger partial charge on any atom is -0.857 e. The summed E-state index contributed by atoms with van der Waals surface area (Å²) in [5.74, 6) is -0.491. The molecular formula is C20H16N5O5-. The van der Waals surface area contributed by atoms with Gasteiger partial charge in [-0.2, -0.15) is 0 Å². The first-order valence-electron chi connectivity index (χ1n) is 8.87. The first kappa shape index (κ1) is 19.0. The number of non-ortho nitro benzene ring substituents is 1. The summed E-state index contributed by atoms with van der Waals surface area (Å²) in [7, 11) is 0. The molecule has 4 rings (SSSR count). The SMILES string of the molecule is O=[N+]([O-])c1ccc2c(c1)N=C([O-])C(=C(NNc1ccccc1)C(O)c1ccco1)N2. The molecule has 1 aliphatic rings. The molecule has 0 fully saturated rings. The number of fused-ring (bicyclic) bond motifs is 1. The fraction of sp³-hybridized carbons (Fsp3) is 0.0500. The number of nitrogens with zero attached hydrogens (tertiary/aromatic N) is 2. The number of aliphatic hydroxyl groups excluding tert-OH is 1. The molecule has 0 radical (unpaired) electrons. The average molecular weight is 406 g/mol. The van der Waals surface area contributed by atoms with Crippen molar-refractivity contribution in [2.75, 3.05) is 10.7 Å². The van der Waals surface area contributed by atoms with Crippen LogP contribution in [0.2, 0.25) is 0 Å². The summed E-state index contributed by atoms with van der Waals surface area (Å²) in [6.07, 6.45) is 0.0953. The molecule has 0 saturated heterocycles. The summed E-state index contributed by atoms with van der Waals surface area (Å²) >= 11 is 0. The Balaban J connectivity index is 1.73. The van der Waals surface area contributed by atoms with Gasteiger partial charge in [-0.05, 0) is 30.3 Å². The minimum atomic E-state index is -1.31. The van der Waals surface area contributed by atoms with Gasteiger partial charge < -0.3 is 25.4 Å². The number of aliphatic imine (C=N–C) groups is 1. The van der Waals surface area contributed by atoms with Crippen molar-refractivity contribution >= 4 is 28.6 Å². The maximum Gasteiger partial charge on any atom is 0.271 e. The molecule has 0 saturated carbocycles. The number of furan rings is 1. The molecular weight excluding hydrogens is 390 g/mol. The summed E-state index contributed by atoms with van der Waals surface area (Å²) in [5, 5.41) is 37.4. The second kappa shape index (κ2) is 7.97. The first-order chi connectivity index (χ1) is 14.5. The van der Waals surface area contributed by atoms with Crippen molar-refractivity contribution in [3.8, 4) is 0 Å². The van der Waals surface area contributed by atoms with Crippen LogP contribution < -0.4 is 21.3 Å². The molecule has 152 valence electrons. The molecule has 0 amide bonds. The highest BCUT2D eigenvalue weighted by Gasteiger charge is 2.24. The predicted octanol–water partition coefficient (Wildman–Crippen LogP) is 2.57. The van der Waals surface area contributed by atoms with Crippen LogP contribution in [0.5, 0.6) is 0 Å². The Labute approximate surface area is 170 Å². The van der Waals surface area contributed by atoms with E-state index in [0.717, 1.165) is 0 Å². The Kier molecular flexibility index (Phi) is 5.06. The molecule has 0 aliphatic carbocycles. The number of nitro benzene ring substituents is 1. The Bertz CT molecular complexity index is 1130. The van der Waals surface area contributed by atoms with E-state index in [4.69, 9.17) is 4.42 Å². The van der Waals surface area contributed by atoms with Gasteiger partial charge in [0.2, 0.25) is 0 Å². The zero-order chi connectivity index (χ0) is 21.1. The van der Waals surface area contributed by atoms with E-state index in [1.807, 2.05) is 18.2 Å². The van der Waals surface area contributed by atoms with Gasteiger partial charge in [0.15, 0.2) is 6.10 Å². The lowest BCUT2D eigenvalue weighted by Crippen LogP contribution is -2.35. The molecule has 3 aromatic rings. The third-order valence-corrected chi connectivity index (χ3v) is 4.36. The van der Waals surface area contributed by atoms with Gasteiger partial charge in [-0.25, -0.2) is 0 Å². The molecule has 30 heavy (non-hydrogen) atoms. The lowest BCUT2D eigenvalue weighted by molar-refractivity contribution is -0.384. The lowest BCUT2D eigenvalue weighted by Gasteiger charge is -2.28. The molecule has 10 nitrogen and oxygen atoms in total. The van der Waals surface area contributed by atoms with Crippen molar-refractivity contribution in [3.63, 3.8) is 0 Å². The molecule has 1 aliphatic heterocycles. The van der Waals surface area contributed by atoms with E-state index in [-0.39, 0.29) is 28.5 Å². The Morgan fingerprint density at radius 1 is 1.17 bits per heavy atom. The molecule has 2 heterocycles. The highest BCUT2D eigenvalue weighted by atomic mass is 16.6. The molecule has 0 spiro atoms. The fourth-order valence-corrected chi connectivity index (χ4v) is 2.89. The van der Waals surface area contributed by atoms with Crippen LogP contribution in [0.15, 0.2) is 87.7 Å². The van der Waals surface area contributed by atoms with Gasteiger partial charge in [0.25, 0.3) is 5.69 Å². The predicted molar refractivity (Wildman–Crippen MR) is 108 cm³/mol. The molecule has 1 unspecified atom stereocenters. The zero-order valence-corrected chi connectivity index (χ0v) is 15.4. The van der Waals surface area contributed by atoms with Crippen LogP contribution in [0, 0.1) is 10.1 Å². The van der Waals surface area contributed by atoms with Crippen molar-refractivity contribution in [1.29, 1.82) is 0 Å². The van der Waals surface area contributed by atoms with Crippen LogP contribution in [-0.4, -0.2) is 15.9 Å². The van der Waals surface area contributed by atoms with Gasteiger partial charge in [0, 0.05) is 18.0 Å². The maximum atomic E-state index is 12.7. The lowest BCUT2D eigenvalue weighted by atomic mass is 10.1. The molecule has 1 aromatic heterocycles. The summed E-state index contributed by atoms with van der Waals surface area (Å²) in [6, 6.07) is 16.2. The van der Waals surface area contributed by atoms with Crippen molar-refractivity contribution < 1.29 is 19.6 Å². The Hall–Kier alpha value is -4.31. The van der Waals surface area contributed by atoms with Gasteiger partial charge in [0.05, 0.1) is 39.6 Å². The van der Waals surface area contributed by atoms with Crippen molar-refractivity contribution in [1.82, 2.24) is 5.43 Å². The number of nitrogens with one attached hydrogen (secondary N) is 3. The standard InChI is InChI=1S/C20H17N5O5/c26-19(16-7-4-10-30-16)17(24-23-12-5-2-1-3-6-12)18-20(27)22-15-11-13(25(28)29)8-9-14(15)21-18/h1-11,19,21,23-24,26H,(H,22,27)/p-1. The van der Waals surface area contributed by atoms with E-state index in [9.17, 15) is 20.3 Å². The van der Waals surface area contributed by atoms with E-state index in [0.29, 0.717) is 11.4 Å². The van der Waals surface area contributed by atoms with Gasteiger partial charge in [-0.1, -0.05) is 18.2 Å². The number of aliphatic hydroxyl groups is 1. The molecule has 1 atom stereocenters. The summed E-state index contributed by atoms with van der Waals surface area (Å²) < 4.78 is 5.27. The van der Waals surface area contributed by atoms with Crippen LogP contribution in [0.4, 0.5) is 22.7 Å². The summed E-state index contributed by atoms with van der Waals surface area (Å²) in [5.41, 5.74) is 6.87. The minimum absolute atomic E-state index is 0.0244. The smallest absolute Gasteiger partial charge is 0.271 e. The summed E-state index contributed by atoms with van der Waals surface area (Å²) in [6.45, 7) is 0. The monoisotopic (exact) mass is 406 g/mol. The van der Waals surface area contributed by atoms with Gasteiger partial charge >= 0.3 is 0 Å². The third kappa shape index (κ3) is 3.80. The van der Waals surface area contributed by atoms with E-state index in [2.05, 4.69) is 21.2 Å². The Morgan fingerprint density at radius 3 is 2.67 bits per heavy atom. The van der Waals surface area contributed by atoms with E-state index < -0.39 is 16.9 Å². The second-order valence-electron chi connectivity index (χ2n) is 6.32. The van der Waals surface area contributed by atoms with Crippen molar-refractivity contribution in [2.45, 2.75) is 6.10 Å². The molecule has 0 bridgehead atoms. The summed E-state index contributed by atoms with van der Waals surface area (Å²) in [4.78, 5) is 14.3. The van der Waals surface area contributed by atoms with Gasteiger partial charge in [-0.15, -0.1) is 0 Å². The first-order valence-corrected chi connectivity index (χ1v) is 8.87. The highest BCUT2D eigenvalue weighted by molar-refractivity contribution is 6.00. The van der Waals surface area contributed by atoms with Crippen LogP contribution in [0.25, 0.3) is 0 Å². The van der Waals surface area contributed by atoms with E-state index in [1.54, 1.807) is 24.3 Å². The van der Waals surface area contributed by atoms with Crippen LogP contribution in [-0.2, 0) is 0 Å². The number of hydrazine groups is 1. The van der Waals surface area contributed by atoms with Crippen molar-refractivity contribution in [2.24, 2.45) is 4.99 Å². The number of benzene rings is 2. The van der Waals surface area contributed by atoms with Crippen LogP contribution in [0.1, 0.15) is 11.9 Å². The van der Waals surface area contributed by atoms with Gasteiger partial charge in [0.1, 0.15) is 5.76 Å².